The Hall–Kier alpha value is 0.730. The minimum Gasteiger partial charge on any atom is -0.278 e. The number of hydrogen-bond acceptors (Lipinski definition) is 1. The summed E-state index contributed by atoms with van der Waals surface area (Å²) < 4.78 is 4.43. The molecule has 0 fully saturated rings. The fourth-order valence-electron chi connectivity index (χ4n) is 0.648. The molecule has 56 valence electrons. The molecule has 1 unspecified atom stereocenters. The van der Waals surface area contributed by atoms with Crippen molar-refractivity contribution in [3.63, 3.8) is 0 Å². The van der Waals surface area contributed by atoms with Gasteiger partial charge in [0.2, 0.25) is 0 Å². The van der Waals surface area contributed by atoms with Crippen LogP contribution in [0.1, 0.15) is 20.3 Å². The van der Waals surface area contributed by atoms with E-state index in [1.54, 1.807) is 0 Å². The van der Waals surface area contributed by atoms with E-state index in [1.165, 1.54) is 0 Å². The van der Waals surface area contributed by atoms with Crippen LogP contribution in [-0.4, -0.2) is 11.4 Å². The predicted octanol–water partition coefficient (Wildman–Crippen LogP) is 2.97. The zero-order valence-electron chi connectivity index (χ0n) is 5.73. The summed E-state index contributed by atoms with van der Waals surface area (Å²) in [5, 5.41) is 0. The second-order valence-electron chi connectivity index (χ2n) is 2.50. The maximum Gasteiger partial charge on any atom is 0.0807 e. The zero-order chi connectivity index (χ0) is 7.28. The molecule has 0 aromatic rings. The molecule has 0 saturated carbocycles. The van der Waals surface area contributed by atoms with Crippen molar-refractivity contribution in [2.75, 3.05) is 6.61 Å². The largest absolute Gasteiger partial charge is 0.278 e. The van der Waals surface area contributed by atoms with Crippen molar-refractivity contribution in [3.8, 4) is 0 Å². The molecular weight excluding hydrogens is 203 g/mol. The first-order valence-electron chi connectivity index (χ1n) is 3.04. The summed E-state index contributed by atoms with van der Waals surface area (Å²) in [5.74, 6) is 0.696. The average molecular weight is 216 g/mol. The Morgan fingerprint density at radius 3 is 2.44 bits per heavy atom. The standard InChI is InChI=1S/C6H12BrClO/c1-5(2)3-6(7)4-9-8/h5-6H,3-4H2,1-2H3. The fourth-order valence-corrected chi connectivity index (χ4v) is 1.83. The van der Waals surface area contributed by atoms with Gasteiger partial charge in [-0.15, -0.1) is 0 Å². The quantitative estimate of drug-likeness (QED) is 0.655. The van der Waals surface area contributed by atoms with Crippen molar-refractivity contribution in [2.45, 2.75) is 25.1 Å². The minimum absolute atomic E-state index is 0.398. The summed E-state index contributed by atoms with van der Waals surface area (Å²) in [5.41, 5.74) is 0. The smallest absolute Gasteiger partial charge is 0.0807 e. The molecule has 0 aromatic carbocycles. The average Bonchev–Trinajstić information content (AvgIpc) is 1.63. The highest BCUT2D eigenvalue weighted by Gasteiger charge is 2.05. The van der Waals surface area contributed by atoms with Crippen LogP contribution in [0, 0.1) is 5.92 Å². The van der Waals surface area contributed by atoms with Crippen LogP contribution in [0.2, 0.25) is 0 Å². The van der Waals surface area contributed by atoms with Crippen LogP contribution < -0.4 is 0 Å². The first-order valence-corrected chi connectivity index (χ1v) is 4.26. The van der Waals surface area contributed by atoms with Gasteiger partial charge in [-0.2, -0.15) is 0 Å². The molecule has 0 aliphatic carbocycles. The maximum atomic E-state index is 5.05. The third-order valence-corrected chi connectivity index (χ3v) is 1.74. The monoisotopic (exact) mass is 214 g/mol. The molecule has 1 atom stereocenters. The second-order valence-corrected chi connectivity index (χ2v) is 4.02. The van der Waals surface area contributed by atoms with Crippen LogP contribution in [0.4, 0.5) is 0 Å². The Labute approximate surface area is 70.0 Å². The van der Waals surface area contributed by atoms with Crippen molar-refractivity contribution in [3.05, 3.63) is 0 Å². The SMILES string of the molecule is CC(C)CC(Br)COCl. The van der Waals surface area contributed by atoms with E-state index in [-0.39, 0.29) is 0 Å². The van der Waals surface area contributed by atoms with Crippen LogP contribution >= 0.6 is 27.8 Å². The molecule has 3 heteroatoms. The fraction of sp³-hybridized carbons (Fsp3) is 1.00. The Morgan fingerprint density at radius 2 is 2.11 bits per heavy atom. The second kappa shape index (κ2) is 5.51. The highest BCUT2D eigenvalue weighted by Crippen LogP contribution is 2.12. The van der Waals surface area contributed by atoms with Crippen LogP contribution in [0.25, 0.3) is 0 Å². The third-order valence-electron chi connectivity index (χ3n) is 0.971. The van der Waals surface area contributed by atoms with Gasteiger partial charge in [-0.3, -0.25) is 4.29 Å². The lowest BCUT2D eigenvalue weighted by molar-refractivity contribution is 0.336. The Kier molecular flexibility index (Phi) is 5.96. The first-order chi connectivity index (χ1) is 4.16. The first kappa shape index (κ1) is 9.73. The van der Waals surface area contributed by atoms with Gasteiger partial charge < -0.3 is 0 Å². The lowest BCUT2D eigenvalue weighted by Crippen LogP contribution is -2.07. The summed E-state index contributed by atoms with van der Waals surface area (Å²) in [6.07, 6.45) is 1.10. The molecule has 0 aliphatic heterocycles. The molecule has 0 rings (SSSR count). The molecule has 0 amide bonds. The summed E-state index contributed by atoms with van der Waals surface area (Å²) in [4.78, 5) is 0.398. The van der Waals surface area contributed by atoms with Gasteiger partial charge in [-0.25, -0.2) is 0 Å². The highest BCUT2D eigenvalue weighted by molar-refractivity contribution is 9.09. The van der Waals surface area contributed by atoms with Crippen LogP contribution in [0.5, 0.6) is 0 Å². The number of halogens is 2. The van der Waals surface area contributed by atoms with Crippen molar-refractivity contribution < 1.29 is 4.29 Å². The van der Waals surface area contributed by atoms with E-state index in [9.17, 15) is 0 Å². The normalized spacial score (nSPS) is 14.3. The predicted molar refractivity (Wildman–Crippen MR) is 44.0 cm³/mol. The number of alkyl halides is 1. The highest BCUT2D eigenvalue weighted by atomic mass is 79.9. The molecule has 0 saturated heterocycles. The van der Waals surface area contributed by atoms with Crippen molar-refractivity contribution in [1.29, 1.82) is 0 Å². The molecule has 1 nitrogen and oxygen atoms in total. The molecule has 0 N–H and O–H groups in total. The van der Waals surface area contributed by atoms with Crippen LogP contribution in [-0.2, 0) is 4.29 Å². The molecule has 0 radical (unpaired) electrons. The van der Waals surface area contributed by atoms with Gasteiger partial charge in [-0.1, -0.05) is 29.8 Å². The van der Waals surface area contributed by atoms with E-state index in [4.69, 9.17) is 11.9 Å². The van der Waals surface area contributed by atoms with E-state index in [0.29, 0.717) is 17.4 Å². The van der Waals surface area contributed by atoms with Crippen molar-refractivity contribution in [1.82, 2.24) is 0 Å². The Morgan fingerprint density at radius 1 is 1.56 bits per heavy atom. The van der Waals surface area contributed by atoms with E-state index in [1.807, 2.05) is 0 Å². The minimum atomic E-state index is 0.398. The number of hydrogen-bond donors (Lipinski definition) is 0. The summed E-state index contributed by atoms with van der Waals surface area (Å²) in [7, 11) is 0. The topological polar surface area (TPSA) is 9.23 Å². The van der Waals surface area contributed by atoms with Gasteiger partial charge in [0, 0.05) is 4.83 Å². The van der Waals surface area contributed by atoms with E-state index in [2.05, 4.69) is 34.1 Å². The van der Waals surface area contributed by atoms with Gasteiger partial charge in [0.25, 0.3) is 0 Å². The maximum absolute atomic E-state index is 5.05. The van der Waals surface area contributed by atoms with Crippen molar-refractivity contribution >= 4 is 27.8 Å². The number of rotatable bonds is 4. The lowest BCUT2D eigenvalue weighted by Gasteiger charge is -2.08. The van der Waals surface area contributed by atoms with Gasteiger partial charge in [0.15, 0.2) is 0 Å². The molecule has 0 heterocycles. The Bertz CT molecular complexity index is 68.1. The van der Waals surface area contributed by atoms with Gasteiger partial charge in [0.1, 0.15) is 0 Å². The third kappa shape index (κ3) is 6.62. The summed E-state index contributed by atoms with van der Waals surface area (Å²) in [6.45, 7) is 4.92. The van der Waals surface area contributed by atoms with Gasteiger partial charge in [-0.05, 0) is 12.3 Å². The summed E-state index contributed by atoms with van der Waals surface area (Å²) in [6, 6.07) is 0. The molecule has 0 aromatic heterocycles. The van der Waals surface area contributed by atoms with Crippen LogP contribution in [0.15, 0.2) is 0 Å². The van der Waals surface area contributed by atoms with Gasteiger partial charge >= 0.3 is 0 Å². The molecule has 0 aliphatic rings. The lowest BCUT2D eigenvalue weighted by atomic mass is 10.1. The molecule has 0 spiro atoms. The molecule has 0 bridgehead atoms. The zero-order valence-corrected chi connectivity index (χ0v) is 8.08. The summed E-state index contributed by atoms with van der Waals surface area (Å²) >= 11 is 8.48. The van der Waals surface area contributed by atoms with E-state index in [0.717, 1.165) is 6.42 Å². The van der Waals surface area contributed by atoms with Gasteiger partial charge in [0.05, 0.1) is 18.5 Å². The van der Waals surface area contributed by atoms with Crippen LogP contribution in [0.3, 0.4) is 0 Å². The van der Waals surface area contributed by atoms with E-state index >= 15 is 0 Å². The molecule has 9 heavy (non-hydrogen) atoms. The molecular formula is C6H12BrClO. The van der Waals surface area contributed by atoms with Crippen molar-refractivity contribution in [2.24, 2.45) is 5.92 Å². The van der Waals surface area contributed by atoms with E-state index < -0.39 is 0 Å². The Balaban J connectivity index is 3.15.